The molecule has 1 aliphatic heterocycles. The second-order valence-electron chi connectivity index (χ2n) is 8.71. The van der Waals surface area contributed by atoms with Gasteiger partial charge in [0.25, 0.3) is 0 Å². The van der Waals surface area contributed by atoms with Gasteiger partial charge in [-0.05, 0) is 0 Å². The fourth-order valence-electron chi connectivity index (χ4n) is 4.12. The van der Waals surface area contributed by atoms with Crippen LogP contribution in [0.15, 0.2) is 18.2 Å². The van der Waals surface area contributed by atoms with Crippen LogP contribution in [0, 0.1) is 0 Å². The topological polar surface area (TPSA) is 40.6 Å². The predicted octanol–water partition coefficient (Wildman–Crippen LogP) is 5.67. The van der Waals surface area contributed by atoms with Crippen LogP contribution >= 0.6 is 0 Å². The molecule has 1 atom stereocenters. The van der Waals surface area contributed by atoms with Gasteiger partial charge in [0.2, 0.25) is 0 Å². The van der Waals surface area contributed by atoms with Crippen molar-refractivity contribution in [3.05, 3.63) is 18.2 Å². The van der Waals surface area contributed by atoms with Crippen molar-refractivity contribution in [3.63, 3.8) is 0 Å². The van der Waals surface area contributed by atoms with E-state index in [0.717, 1.165) is 5.88 Å². The molecule has 2 rings (SSSR count). The number of unbranched alkanes of at least 4 members (excludes halogenated alkanes) is 3. The summed E-state index contributed by atoms with van der Waals surface area (Å²) in [7, 11) is 0. The van der Waals surface area contributed by atoms with E-state index in [2.05, 4.69) is 32.9 Å². The zero-order chi connectivity index (χ0) is 20.5. The number of nitrogens with zero attached hydrogens (tertiary/aromatic N) is 1. The second-order valence-corrected chi connectivity index (χ2v) is 21.8. The zero-order valence-corrected chi connectivity index (χ0v) is 21.6. The second kappa shape index (κ2) is 11.8. The van der Waals surface area contributed by atoms with Crippen molar-refractivity contribution in [2.45, 2.75) is 98.3 Å². The average Bonchev–Trinajstić information content (AvgIpc) is 3.05. The van der Waals surface area contributed by atoms with Gasteiger partial charge in [-0.1, -0.05) is 0 Å². The Bertz CT molecular complexity index is 557. The van der Waals surface area contributed by atoms with Crippen LogP contribution in [0.2, 0.25) is 13.3 Å². The van der Waals surface area contributed by atoms with Gasteiger partial charge in [-0.15, -0.1) is 0 Å². The molecule has 160 valence electrons. The third-order valence-corrected chi connectivity index (χ3v) is 20.9. The van der Waals surface area contributed by atoms with Gasteiger partial charge in [-0.2, -0.15) is 0 Å². The predicted molar refractivity (Wildman–Crippen MR) is 119 cm³/mol. The normalized spacial score (nSPS) is 19.1. The van der Waals surface area contributed by atoms with E-state index in [9.17, 15) is 0 Å². The summed E-state index contributed by atoms with van der Waals surface area (Å²) in [5, 5.41) is 0. The number of rotatable bonds is 13. The van der Waals surface area contributed by atoms with Crippen LogP contribution in [-0.4, -0.2) is 48.5 Å². The Balaban J connectivity index is 2.14. The van der Waals surface area contributed by atoms with Gasteiger partial charge >= 0.3 is 177 Å². The minimum atomic E-state index is -2.50. The molecule has 0 unspecified atom stereocenters. The Hall–Kier alpha value is -0.331. The van der Waals surface area contributed by atoms with Crippen molar-refractivity contribution in [1.29, 1.82) is 0 Å². The quantitative estimate of drug-likeness (QED) is 0.329. The first-order valence-corrected chi connectivity index (χ1v) is 18.8. The van der Waals surface area contributed by atoms with Gasteiger partial charge in [0.05, 0.1) is 0 Å². The van der Waals surface area contributed by atoms with E-state index in [1.54, 1.807) is 0 Å². The van der Waals surface area contributed by atoms with E-state index in [-0.39, 0.29) is 6.10 Å². The van der Waals surface area contributed by atoms with Crippen LogP contribution in [0.5, 0.6) is 5.88 Å². The third kappa shape index (κ3) is 7.17. The molecule has 1 aliphatic rings. The summed E-state index contributed by atoms with van der Waals surface area (Å²) in [5.74, 6) is 0.256. The molecule has 0 saturated carbocycles. The first-order chi connectivity index (χ1) is 13.4. The minimum absolute atomic E-state index is 0.0194. The molecule has 1 aromatic rings. The maximum atomic E-state index is 6.05. The molecule has 0 bridgehead atoms. The first-order valence-electron chi connectivity index (χ1n) is 11.4. The van der Waals surface area contributed by atoms with Gasteiger partial charge in [0.1, 0.15) is 0 Å². The number of aromatic nitrogens is 1. The standard InChI is InChI=1S/C11H14NO3.3C4H9.Sn/c1-11(2)14-8-9(15-11)7-13-10-5-3-4-6-12-10;3*1-3-4-2;/h3-5,9H,7-8H2,1-2H3;3*1,3-4H2,2H3;/t9-;;;;/m1..../s1. The number of hydrogen-bond donors (Lipinski definition) is 0. The summed E-state index contributed by atoms with van der Waals surface area (Å²) < 4.78 is 23.3. The van der Waals surface area contributed by atoms with Gasteiger partial charge in [0.15, 0.2) is 0 Å². The summed E-state index contributed by atoms with van der Waals surface area (Å²) in [6, 6.07) is 6.46. The van der Waals surface area contributed by atoms with Crippen molar-refractivity contribution < 1.29 is 14.2 Å². The van der Waals surface area contributed by atoms with E-state index >= 15 is 0 Å². The van der Waals surface area contributed by atoms with E-state index < -0.39 is 24.2 Å². The summed E-state index contributed by atoms with van der Waals surface area (Å²) >= 11 is -2.50. The van der Waals surface area contributed by atoms with E-state index in [1.807, 2.05) is 19.9 Å². The van der Waals surface area contributed by atoms with Crippen LogP contribution < -0.4 is 8.45 Å². The van der Waals surface area contributed by atoms with Crippen molar-refractivity contribution >= 4 is 22.1 Å². The molecule has 1 aromatic heterocycles. The Morgan fingerprint density at radius 3 is 2.14 bits per heavy atom. The Kier molecular flexibility index (Phi) is 10.0. The molecule has 2 heterocycles. The Morgan fingerprint density at radius 1 is 1.04 bits per heavy atom. The summed E-state index contributed by atoms with van der Waals surface area (Å²) in [5.41, 5.74) is 0. The fraction of sp³-hybridized carbons (Fsp3) is 0.783. The molecule has 0 spiro atoms. The number of ether oxygens (including phenoxy) is 3. The van der Waals surface area contributed by atoms with Gasteiger partial charge in [-0.3, -0.25) is 0 Å². The third-order valence-electron chi connectivity index (χ3n) is 5.78. The summed E-state index contributed by atoms with van der Waals surface area (Å²) in [6.07, 6.45) is 7.86. The van der Waals surface area contributed by atoms with Crippen LogP contribution in [0.4, 0.5) is 0 Å². The number of pyridine rings is 1. The Morgan fingerprint density at radius 2 is 1.64 bits per heavy atom. The molecule has 0 aliphatic carbocycles. The summed E-state index contributed by atoms with van der Waals surface area (Å²) in [6.45, 7) is 11.9. The first kappa shape index (κ1) is 23.9. The molecular formula is C23H41NO3Sn. The zero-order valence-electron chi connectivity index (χ0n) is 18.8. The molecular weight excluding hydrogens is 457 g/mol. The van der Waals surface area contributed by atoms with E-state index in [0.29, 0.717) is 13.2 Å². The maximum absolute atomic E-state index is 6.05. The van der Waals surface area contributed by atoms with Gasteiger partial charge in [-0.25, -0.2) is 0 Å². The average molecular weight is 498 g/mol. The van der Waals surface area contributed by atoms with Crippen LogP contribution in [-0.2, 0) is 9.47 Å². The SMILES string of the molecule is CCC[CH2][Sn]([CH2]CCC)([CH2]CCC)[c]1cccc(OC[C@@H]2COC(C)(C)O2)n1. The van der Waals surface area contributed by atoms with E-state index in [1.165, 1.54) is 55.5 Å². The monoisotopic (exact) mass is 499 g/mol. The molecule has 0 N–H and O–H groups in total. The molecule has 0 amide bonds. The molecule has 5 heteroatoms. The molecule has 0 aromatic carbocycles. The molecule has 0 radical (unpaired) electrons. The van der Waals surface area contributed by atoms with Crippen molar-refractivity contribution in [2.75, 3.05) is 13.2 Å². The fourth-order valence-corrected chi connectivity index (χ4v) is 19.5. The Labute approximate surface area is 176 Å². The number of hydrogen-bond acceptors (Lipinski definition) is 4. The van der Waals surface area contributed by atoms with Gasteiger partial charge in [0, 0.05) is 0 Å². The molecule has 4 nitrogen and oxygen atoms in total. The summed E-state index contributed by atoms with van der Waals surface area (Å²) in [4.78, 5) is 5.08. The van der Waals surface area contributed by atoms with E-state index in [4.69, 9.17) is 19.2 Å². The van der Waals surface area contributed by atoms with Crippen LogP contribution in [0.1, 0.15) is 73.1 Å². The molecule has 1 saturated heterocycles. The van der Waals surface area contributed by atoms with Crippen molar-refractivity contribution in [2.24, 2.45) is 0 Å². The van der Waals surface area contributed by atoms with Gasteiger partial charge < -0.3 is 0 Å². The van der Waals surface area contributed by atoms with Crippen LogP contribution in [0.3, 0.4) is 0 Å². The van der Waals surface area contributed by atoms with Crippen molar-refractivity contribution in [1.82, 2.24) is 4.98 Å². The van der Waals surface area contributed by atoms with Crippen molar-refractivity contribution in [3.8, 4) is 5.88 Å². The molecule has 28 heavy (non-hydrogen) atoms. The van der Waals surface area contributed by atoms with Crippen LogP contribution in [0.25, 0.3) is 0 Å². The molecule has 1 fully saturated rings.